The van der Waals surface area contributed by atoms with Crippen molar-refractivity contribution >= 4 is 27.5 Å². The number of sulfonamides is 1. The summed E-state index contributed by atoms with van der Waals surface area (Å²) in [7, 11) is -2.06. The largest absolute Gasteiger partial charge is 0.490 e. The molecule has 0 saturated heterocycles. The molecule has 2 N–H and O–H groups in total. The van der Waals surface area contributed by atoms with Gasteiger partial charge in [0.15, 0.2) is 0 Å². The van der Waals surface area contributed by atoms with Crippen LogP contribution in [0, 0.1) is 11.8 Å². The molecule has 2 amide bonds. The lowest BCUT2D eigenvalue weighted by atomic mass is 9.88. The molecule has 4 rings (SSSR count). The third-order valence-corrected chi connectivity index (χ3v) is 10.5. The molecule has 1 fully saturated rings. The highest BCUT2D eigenvalue weighted by atomic mass is 32.2. The quantitative estimate of drug-likeness (QED) is 0.394. The standard InChI is InChI=1S/C35H51N3O7S/c1-25-22-38(26(2)24-39)35(41)31-21-29(36-46(42,43)30-16-9-6-10-17-30)18-19-32(31)45-27(3)13-11-12-20-44-33(25)23-37(4)34(40)28-14-7-5-8-15-28/h6,9-10,16-19,21,25-28,33,36,39H,5,7-8,11-15,20,22-24H2,1-4H3/t25-,26+,27+,33-/m1/s1. The number of carbonyl (C=O) groups excluding carboxylic acids is 2. The Morgan fingerprint density at radius 2 is 1.74 bits per heavy atom. The smallest absolute Gasteiger partial charge is 0.261 e. The van der Waals surface area contributed by atoms with Gasteiger partial charge in [-0.3, -0.25) is 14.3 Å². The second-order valence-corrected chi connectivity index (χ2v) is 14.7. The zero-order valence-electron chi connectivity index (χ0n) is 27.7. The van der Waals surface area contributed by atoms with Gasteiger partial charge in [-0.05, 0) is 76.3 Å². The Labute approximate surface area is 274 Å². The van der Waals surface area contributed by atoms with Crippen molar-refractivity contribution in [3.05, 3.63) is 54.1 Å². The number of anilines is 1. The van der Waals surface area contributed by atoms with Crippen LogP contribution in [0.5, 0.6) is 5.75 Å². The Morgan fingerprint density at radius 3 is 2.43 bits per heavy atom. The van der Waals surface area contributed by atoms with E-state index in [0.717, 1.165) is 44.9 Å². The number of fused-ring (bicyclic) bond motifs is 1. The van der Waals surface area contributed by atoms with E-state index in [1.165, 1.54) is 24.6 Å². The molecular formula is C35H51N3O7S. The number of aliphatic hydroxyl groups is 1. The molecule has 1 heterocycles. The SMILES string of the molecule is C[C@@H]1CN([C@@H](C)CO)C(=O)c2cc(NS(=O)(=O)c3ccccc3)ccc2O[C@@H](C)CCCCO[C@@H]1CN(C)C(=O)C1CCCCC1. The lowest BCUT2D eigenvalue weighted by Gasteiger charge is -2.36. The fourth-order valence-corrected chi connectivity index (χ4v) is 7.35. The fourth-order valence-electron chi connectivity index (χ4n) is 6.28. The second-order valence-electron chi connectivity index (χ2n) is 13.0. The molecule has 0 unspecified atom stereocenters. The number of hydrogen-bond donors (Lipinski definition) is 2. The van der Waals surface area contributed by atoms with Crippen molar-refractivity contribution < 1.29 is 32.6 Å². The minimum Gasteiger partial charge on any atom is -0.490 e. The van der Waals surface area contributed by atoms with E-state index in [1.807, 2.05) is 20.9 Å². The summed E-state index contributed by atoms with van der Waals surface area (Å²) in [5.41, 5.74) is 0.425. The molecule has 46 heavy (non-hydrogen) atoms. The number of ether oxygens (including phenoxy) is 2. The number of hydrogen-bond acceptors (Lipinski definition) is 7. The van der Waals surface area contributed by atoms with Crippen molar-refractivity contribution in [1.29, 1.82) is 0 Å². The van der Waals surface area contributed by atoms with Crippen molar-refractivity contribution in [2.45, 2.75) is 95.3 Å². The maximum atomic E-state index is 14.3. The van der Waals surface area contributed by atoms with E-state index in [-0.39, 0.29) is 65.2 Å². The van der Waals surface area contributed by atoms with E-state index in [0.29, 0.717) is 18.9 Å². The Balaban J connectivity index is 1.63. The summed E-state index contributed by atoms with van der Waals surface area (Å²) < 4.78 is 41.5. The van der Waals surface area contributed by atoms with Gasteiger partial charge in [-0.15, -0.1) is 0 Å². The predicted molar refractivity (Wildman–Crippen MR) is 178 cm³/mol. The first kappa shape index (κ1) is 35.7. The van der Waals surface area contributed by atoms with Crippen LogP contribution in [0.25, 0.3) is 0 Å². The summed E-state index contributed by atoms with van der Waals surface area (Å²) in [6.07, 6.45) is 7.05. The number of nitrogens with one attached hydrogen (secondary N) is 1. The highest BCUT2D eigenvalue weighted by Gasteiger charge is 2.32. The van der Waals surface area contributed by atoms with Crippen LogP contribution in [0.15, 0.2) is 53.4 Å². The number of likely N-dealkylation sites (N-methyl/N-ethyl adjacent to an activating group) is 1. The third kappa shape index (κ3) is 9.45. The van der Waals surface area contributed by atoms with Gasteiger partial charge < -0.3 is 24.4 Å². The molecule has 4 atom stereocenters. The maximum Gasteiger partial charge on any atom is 0.261 e. The van der Waals surface area contributed by atoms with Crippen LogP contribution < -0.4 is 9.46 Å². The number of benzene rings is 2. The number of aliphatic hydroxyl groups excluding tert-OH is 1. The van der Waals surface area contributed by atoms with E-state index in [4.69, 9.17) is 9.47 Å². The number of amides is 2. The normalized spacial score (nSPS) is 23.0. The van der Waals surface area contributed by atoms with E-state index in [2.05, 4.69) is 4.72 Å². The molecule has 0 aromatic heterocycles. The van der Waals surface area contributed by atoms with Crippen molar-refractivity contribution in [3.8, 4) is 5.75 Å². The minimum absolute atomic E-state index is 0.0477. The van der Waals surface area contributed by atoms with Crippen molar-refractivity contribution in [3.63, 3.8) is 0 Å². The van der Waals surface area contributed by atoms with Gasteiger partial charge in [-0.2, -0.15) is 0 Å². The van der Waals surface area contributed by atoms with Crippen molar-refractivity contribution in [2.75, 3.05) is 38.1 Å². The van der Waals surface area contributed by atoms with Crippen molar-refractivity contribution in [2.24, 2.45) is 11.8 Å². The highest BCUT2D eigenvalue weighted by Crippen LogP contribution is 2.30. The first-order valence-electron chi connectivity index (χ1n) is 16.7. The van der Waals surface area contributed by atoms with E-state index < -0.39 is 16.1 Å². The van der Waals surface area contributed by atoms with Gasteiger partial charge in [0.25, 0.3) is 15.9 Å². The summed E-state index contributed by atoms with van der Waals surface area (Å²) in [5.74, 6) is -0.0153. The topological polar surface area (TPSA) is 125 Å². The van der Waals surface area contributed by atoms with Gasteiger partial charge in [0.1, 0.15) is 5.75 Å². The predicted octanol–water partition coefficient (Wildman–Crippen LogP) is 5.32. The Hall–Kier alpha value is -3.15. The molecule has 11 heteroatoms. The molecule has 0 spiro atoms. The van der Waals surface area contributed by atoms with Gasteiger partial charge in [-0.1, -0.05) is 44.4 Å². The van der Waals surface area contributed by atoms with E-state index in [9.17, 15) is 23.1 Å². The molecule has 2 aromatic rings. The van der Waals surface area contributed by atoms with Crippen LogP contribution in [-0.4, -0.2) is 86.7 Å². The Morgan fingerprint density at radius 1 is 1.04 bits per heavy atom. The Bertz CT molecular complexity index is 1400. The highest BCUT2D eigenvalue weighted by molar-refractivity contribution is 7.92. The van der Waals surface area contributed by atoms with Crippen LogP contribution in [0.1, 0.15) is 82.5 Å². The zero-order valence-corrected chi connectivity index (χ0v) is 28.5. The number of rotatable bonds is 8. The van der Waals surface area contributed by atoms with E-state index in [1.54, 1.807) is 47.1 Å². The van der Waals surface area contributed by atoms with Crippen LogP contribution >= 0.6 is 0 Å². The van der Waals surface area contributed by atoms with Crippen LogP contribution in [-0.2, 0) is 19.6 Å². The molecule has 1 aliphatic carbocycles. The van der Waals surface area contributed by atoms with Crippen LogP contribution in [0.3, 0.4) is 0 Å². The Kier molecular flexibility index (Phi) is 12.9. The lowest BCUT2D eigenvalue weighted by molar-refractivity contribution is -0.137. The number of nitrogens with zero attached hydrogens (tertiary/aromatic N) is 2. The second kappa shape index (κ2) is 16.6. The van der Waals surface area contributed by atoms with Crippen molar-refractivity contribution in [1.82, 2.24) is 9.80 Å². The summed E-state index contributed by atoms with van der Waals surface area (Å²) >= 11 is 0. The minimum atomic E-state index is -3.90. The third-order valence-electron chi connectivity index (χ3n) is 9.14. The first-order valence-corrected chi connectivity index (χ1v) is 18.2. The molecule has 1 aliphatic heterocycles. The molecule has 0 bridgehead atoms. The summed E-state index contributed by atoms with van der Waals surface area (Å²) in [4.78, 5) is 31.1. The molecule has 254 valence electrons. The zero-order chi connectivity index (χ0) is 33.3. The van der Waals surface area contributed by atoms with E-state index >= 15 is 0 Å². The maximum absolute atomic E-state index is 14.3. The molecule has 1 saturated carbocycles. The lowest BCUT2D eigenvalue weighted by Crippen LogP contribution is -2.48. The van der Waals surface area contributed by atoms with Gasteiger partial charge in [0, 0.05) is 44.3 Å². The average molecular weight is 658 g/mol. The molecule has 0 radical (unpaired) electrons. The van der Waals surface area contributed by atoms with Gasteiger partial charge in [0.2, 0.25) is 5.91 Å². The molecule has 2 aliphatic rings. The first-order chi connectivity index (χ1) is 22.0. The summed E-state index contributed by atoms with van der Waals surface area (Å²) in [6.45, 7) is 6.64. The molecule has 10 nitrogen and oxygen atoms in total. The van der Waals surface area contributed by atoms with Gasteiger partial charge >= 0.3 is 0 Å². The molecular weight excluding hydrogens is 606 g/mol. The van der Waals surface area contributed by atoms with Gasteiger partial charge in [-0.25, -0.2) is 8.42 Å². The average Bonchev–Trinajstić information content (AvgIpc) is 3.06. The summed E-state index contributed by atoms with van der Waals surface area (Å²) in [5, 5.41) is 10.2. The molecule has 2 aromatic carbocycles. The van der Waals surface area contributed by atoms with Crippen LogP contribution in [0.4, 0.5) is 5.69 Å². The monoisotopic (exact) mass is 657 g/mol. The number of carbonyl (C=O) groups is 2. The summed E-state index contributed by atoms with van der Waals surface area (Å²) in [6, 6.07) is 12.2. The van der Waals surface area contributed by atoms with Crippen LogP contribution in [0.2, 0.25) is 0 Å². The van der Waals surface area contributed by atoms with Gasteiger partial charge in [0.05, 0.1) is 35.3 Å². The fraction of sp³-hybridized carbons (Fsp3) is 0.600.